The van der Waals surface area contributed by atoms with Crippen molar-refractivity contribution >= 4 is 9.84 Å². The first kappa shape index (κ1) is 15.0. The second kappa shape index (κ2) is 5.27. The Balaban J connectivity index is 2.74. The zero-order valence-electron chi connectivity index (χ0n) is 9.74. The molecule has 0 spiro atoms. The number of benzene rings is 1. The minimum Gasteiger partial charge on any atom is -0.324 e. The molecule has 0 fully saturated rings. The van der Waals surface area contributed by atoms with Crippen LogP contribution in [0.15, 0.2) is 29.2 Å². The predicted octanol–water partition coefficient (Wildman–Crippen LogP) is 2.43. The van der Waals surface area contributed by atoms with Crippen LogP contribution in [-0.2, 0) is 9.84 Å². The summed E-state index contributed by atoms with van der Waals surface area (Å²) in [5.41, 5.74) is 6.10. The molecule has 1 atom stereocenters. The Labute approximate surface area is 104 Å². The van der Waals surface area contributed by atoms with Gasteiger partial charge in [0.2, 0.25) is 0 Å². The molecule has 1 aromatic rings. The van der Waals surface area contributed by atoms with Crippen LogP contribution in [0.3, 0.4) is 0 Å². The first-order valence-corrected chi connectivity index (χ1v) is 7.11. The molecule has 102 valence electrons. The molecule has 3 nitrogen and oxygen atoms in total. The highest BCUT2D eigenvalue weighted by atomic mass is 32.2. The molecule has 0 aliphatic rings. The second-order valence-electron chi connectivity index (χ2n) is 4.10. The van der Waals surface area contributed by atoms with E-state index in [9.17, 15) is 21.6 Å². The molecule has 0 heterocycles. The van der Waals surface area contributed by atoms with Crippen molar-refractivity contribution in [3.63, 3.8) is 0 Å². The van der Waals surface area contributed by atoms with Gasteiger partial charge < -0.3 is 5.73 Å². The standard InChI is InChI=1S/C11H14F3NO2S/c1-18(16,17)9-4-2-8(3-5-9)10(15)6-7-11(12,13)14/h2-5,10H,6-7,15H2,1H3/t10-/m0/s1. The Morgan fingerprint density at radius 1 is 1.22 bits per heavy atom. The van der Waals surface area contributed by atoms with Crippen molar-refractivity contribution in [1.82, 2.24) is 0 Å². The molecule has 0 unspecified atom stereocenters. The fourth-order valence-electron chi connectivity index (χ4n) is 1.45. The molecule has 7 heteroatoms. The van der Waals surface area contributed by atoms with E-state index >= 15 is 0 Å². The van der Waals surface area contributed by atoms with Gasteiger partial charge in [-0.2, -0.15) is 13.2 Å². The van der Waals surface area contributed by atoms with E-state index in [4.69, 9.17) is 5.73 Å². The average Bonchev–Trinajstić information content (AvgIpc) is 2.24. The van der Waals surface area contributed by atoms with Crippen LogP contribution < -0.4 is 5.73 Å². The summed E-state index contributed by atoms with van der Waals surface area (Å²) >= 11 is 0. The number of rotatable bonds is 4. The zero-order valence-corrected chi connectivity index (χ0v) is 10.6. The summed E-state index contributed by atoms with van der Waals surface area (Å²) in [6.07, 6.45) is -4.35. The summed E-state index contributed by atoms with van der Waals surface area (Å²) in [4.78, 5) is 0.120. The van der Waals surface area contributed by atoms with Crippen molar-refractivity contribution in [3.05, 3.63) is 29.8 Å². The van der Waals surface area contributed by atoms with Gasteiger partial charge in [-0.15, -0.1) is 0 Å². The maximum Gasteiger partial charge on any atom is 0.389 e. The topological polar surface area (TPSA) is 60.2 Å². The predicted molar refractivity (Wildman–Crippen MR) is 61.8 cm³/mol. The minimum atomic E-state index is -4.23. The third kappa shape index (κ3) is 4.66. The van der Waals surface area contributed by atoms with Gasteiger partial charge >= 0.3 is 6.18 Å². The monoisotopic (exact) mass is 281 g/mol. The quantitative estimate of drug-likeness (QED) is 0.922. The number of hydrogen-bond donors (Lipinski definition) is 1. The van der Waals surface area contributed by atoms with E-state index in [1.165, 1.54) is 24.3 Å². The maximum absolute atomic E-state index is 12.0. The summed E-state index contributed by atoms with van der Waals surface area (Å²) in [5, 5.41) is 0. The highest BCUT2D eigenvalue weighted by Crippen LogP contribution is 2.26. The van der Waals surface area contributed by atoms with Crippen LogP contribution in [-0.4, -0.2) is 20.8 Å². The number of nitrogens with two attached hydrogens (primary N) is 1. The van der Waals surface area contributed by atoms with Gasteiger partial charge in [0.05, 0.1) is 4.90 Å². The summed E-state index contributed by atoms with van der Waals surface area (Å²) in [6.45, 7) is 0. The lowest BCUT2D eigenvalue weighted by atomic mass is 10.0. The minimum absolute atomic E-state index is 0.120. The van der Waals surface area contributed by atoms with Gasteiger partial charge in [-0.25, -0.2) is 8.42 Å². The molecule has 0 aromatic heterocycles. The number of hydrogen-bond acceptors (Lipinski definition) is 3. The second-order valence-corrected chi connectivity index (χ2v) is 6.12. The van der Waals surface area contributed by atoms with E-state index in [2.05, 4.69) is 0 Å². The molecule has 0 saturated carbocycles. The Bertz CT molecular complexity index is 494. The molecule has 0 radical (unpaired) electrons. The van der Waals surface area contributed by atoms with Gasteiger partial charge in [-0.05, 0) is 24.1 Å². The van der Waals surface area contributed by atoms with Crippen LogP contribution >= 0.6 is 0 Å². The Hall–Kier alpha value is -1.08. The highest BCUT2D eigenvalue weighted by Gasteiger charge is 2.27. The van der Waals surface area contributed by atoms with Crippen molar-refractivity contribution in [3.8, 4) is 0 Å². The molecule has 0 bridgehead atoms. The average molecular weight is 281 g/mol. The lowest BCUT2D eigenvalue weighted by Gasteiger charge is -2.13. The molecular weight excluding hydrogens is 267 g/mol. The Kier molecular flexibility index (Phi) is 4.39. The van der Waals surface area contributed by atoms with E-state index in [0.717, 1.165) is 6.26 Å². The Morgan fingerprint density at radius 3 is 2.11 bits per heavy atom. The van der Waals surface area contributed by atoms with Gasteiger partial charge in [-0.1, -0.05) is 12.1 Å². The molecule has 0 aliphatic carbocycles. The lowest BCUT2D eigenvalue weighted by molar-refractivity contribution is -0.136. The normalized spacial score (nSPS) is 14.5. The van der Waals surface area contributed by atoms with Crippen molar-refractivity contribution in [2.75, 3.05) is 6.26 Å². The number of sulfone groups is 1. The first-order chi connectivity index (χ1) is 8.09. The van der Waals surface area contributed by atoms with Crippen LogP contribution in [0.1, 0.15) is 24.4 Å². The molecule has 1 aromatic carbocycles. The van der Waals surface area contributed by atoms with Gasteiger partial charge in [0, 0.05) is 18.7 Å². The van der Waals surface area contributed by atoms with Gasteiger partial charge in [-0.3, -0.25) is 0 Å². The summed E-state index contributed by atoms with van der Waals surface area (Å²) in [5.74, 6) is 0. The van der Waals surface area contributed by atoms with E-state index in [1.807, 2.05) is 0 Å². The largest absolute Gasteiger partial charge is 0.389 e. The third-order valence-electron chi connectivity index (χ3n) is 2.48. The Morgan fingerprint density at radius 2 is 1.72 bits per heavy atom. The number of alkyl halides is 3. The molecule has 0 amide bonds. The van der Waals surface area contributed by atoms with E-state index in [-0.39, 0.29) is 11.3 Å². The molecule has 18 heavy (non-hydrogen) atoms. The highest BCUT2D eigenvalue weighted by molar-refractivity contribution is 7.90. The van der Waals surface area contributed by atoms with E-state index in [1.54, 1.807) is 0 Å². The van der Waals surface area contributed by atoms with Crippen molar-refractivity contribution < 1.29 is 21.6 Å². The fourth-order valence-corrected chi connectivity index (χ4v) is 2.08. The number of halogens is 3. The molecule has 0 saturated heterocycles. The van der Waals surface area contributed by atoms with Crippen molar-refractivity contribution in [1.29, 1.82) is 0 Å². The molecule has 2 N–H and O–H groups in total. The van der Waals surface area contributed by atoms with Crippen LogP contribution in [0.2, 0.25) is 0 Å². The van der Waals surface area contributed by atoms with Crippen molar-refractivity contribution in [2.45, 2.75) is 30.0 Å². The van der Waals surface area contributed by atoms with Crippen LogP contribution in [0.25, 0.3) is 0 Å². The summed E-state index contributed by atoms with van der Waals surface area (Å²) in [7, 11) is -3.30. The molecule has 1 rings (SSSR count). The van der Waals surface area contributed by atoms with Crippen LogP contribution in [0, 0.1) is 0 Å². The van der Waals surface area contributed by atoms with Crippen molar-refractivity contribution in [2.24, 2.45) is 5.73 Å². The van der Waals surface area contributed by atoms with E-state index in [0.29, 0.717) is 5.56 Å². The summed E-state index contributed by atoms with van der Waals surface area (Å²) in [6, 6.07) is 4.82. The van der Waals surface area contributed by atoms with E-state index < -0.39 is 28.5 Å². The SMILES string of the molecule is CS(=O)(=O)c1ccc([C@@H](N)CCC(F)(F)F)cc1. The smallest absolute Gasteiger partial charge is 0.324 e. The fraction of sp³-hybridized carbons (Fsp3) is 0.455. The molecular formula is C11H14F3NO2S. The van der Waals surface area contributed by atoms with Gasteiger partial charge in [0.1, 0.15) is 0 Å². The first-order valence-electron chi connectivity index (χ1n) is 5.22. The molecule has 0 aliphatic heterocycles. The maximum atomic E-state index is 12.0. The summed E-state index contributed by atoms with van der Waals surface area (Å²) < 4.78 is 58.4. The van der Waals surface area contributed by atoms with Gasteiger partial charge in [0.25, 0.3) is 0 Å². The third-order valence-corrected chi connectivity index (χ3v) is 3.60. The van der Waals surface area contributed by atoms with Crippen LogP contribution in [0.5, 0.6) is 0 Å². The lowest BCUT2D eigenvalue weighted by Crippen LogP contribution is -2.15. The zero-order chi connectivity index (χ0) is 14.0. The van der Waals surface area contributed by atoms with Gasteiger partial charge in [0.15, 0.2) is 9.84 Å². The van der Waals surface area contributed by atoms with Crippen LogP contribution in [0.4, 0.5) is 13.2 Å².